The Bertz CT molecular complexity index is 1980. The number of benzene rings is 4. The molecule has 1 amide bonds. The van der Waals surface area contributed by atoms with Crippen LogP contribution in [0.5, 0.6) is 23.0 Å². The Morgan fingerprint density at radius 1 is 0.816 bits per heavy atom. The van der Waals surface area contributed by atoms with Crippen LogP contribution >= 0.6 is 0 Å². The molecule has 5 rings (SSSR count). The predicted octanol–water partition coefficient (Wildman–Crippen LogP) is 6.99. The Hall–Kier alpha value is -6.10. The number of hydrogen-bond acceptors (Lipinski definition) is 10. The van der Waals surface area contributed by atoms with E-state index in [0.29, 0.717) is 23.7 Å². The van der Waals surface area contributed by atoms with Crippen LogP contribution in [0, 0.1) is 0 Å². The van der Waals surface area contributed by atoms with Gasteiger partial charge in [0, 0.05) is 12.5 Å². The average Bonchev–Trinajstić information content (AvgIpc) is 3.08. The lowest BCUT2D eigenvalue weighted by atomic mass is 10.1. The number of alkyl carbamates (subject to hydrolysis) is 1. The van der Waals surface area contributed by atoms with Crippen LogP contribution < -0.4 is 25.0 Å². The zero-order valence-electron chi connectivity index (χ0n) is 27.4. The van der Waals surface area contributed by atoms with E-state index in [1.54, 1.807) is 45.0 Å². The number of carbonyl (C=O) groups is 3. The van der Waals surface area contributed by atoms with Gasteiger partial charge in [0.1, 0.15) is 47.3 Å². The summed E-state index contributed by atoms with van der Waals surface area (Å²) in [6.07, 6.45) is 0.459. The molecule has 5 aromatic rings. The molecule has 0 saturated heterocycles. The van der Waals surface area contributed by atoms with Crippen LogP contribution in [0.3, 0.4) is 0 Å². The first kappa shape index (κ1) is 34.2. The zero-order valence-corrected chi connectivity index (χ0v) is 27.4. The zero-order chi connectivity index (χ0) is 35.0. The van der Waals surface area contributed by atoms with Gasteiger partial charge in [-0.2, -0.15) is 0 Å². The fourth-order valence-corrected chi connectivity index (χ4v) is 4.66. The number of fused-ring (bicyclic) bond motifs is 1. The third kappa shape index (κ3) is 9.48. The van der Waals surface area contributed by atoms with Crippen LogP contribution in [0.25, 0.3) is 11.0 Å². The van der Waals surface area contributed by atoms with Gasteiger partial charge in [-0.3, -0.25) is 4.79 Å². The number of methoxy groups -OCH3 is 1. The van der Waals surface area contributed by atoms with E-state index >= 15 is 0 Å². The monoisotopic (exact) mass is 665 g/mol. The second-order valence-electron chi connectivity index (χ2n) is 11.9. The van der Waals surface area contributed by atoms with Crippen LogP contribution in [0.2, 0.25) is 0 Å². The van der Waals surface area contributed by atoms with Crippen molar-refractivity contribution >= 4 is 29.0 Å². The van der Waals surface area contributed by atoms with E-state index in [1.807, 2.05) is 30.3 Å². The van der Waals surface area contributed by atoms with Gasteiger partial charge in [0.2, 0.25) is 11.2 Å². The molecule has 1 N–H and O–H groups in total. The van der Waals surface area contributed by atoms with E-state index in [0.717, 1.165) is 17.4 Å². The fraction of sp³-hybridized carbons (Fsp3) is 0.211. The molecule has 4 aromatic carbocycles. The normalized spacial score (nSPS) is 11.7. The van der Waals surface area contributed by atoms with E-state index in [4.69, 9.17) is 23.4 Å². The molecule has 0 spiro atoms. The van der Waals surface area contributed by atoms with E-state index in [9.17, 15) is 19.2 Å². The number of carbonyl (C=O) groups excluding carboxylic acids is 3. The summed E-state index contributed by atoms with van der Waals surface area (Å²) >= 11 is 0. The Labute approximate surface area is 282 Å². The van der Waals surface area contributed by atoms with Crippen LogP contribution in [-0.4, -0.2) is 36.8 Å². The molecular weight excluding hydrogens is 630 g/mol. The van der Waals surface area contributed by atoms with Crippen LogP contribution in [-0.2, 0) is 27.3 Å². The van der Waals surface area contributed by atoms with Crippen molar-refractivity contribution in [2.24, 2.45) is 0 Å². The molecule has 0 saturated carbocycles. The third-order valence-corrected chi connectivity index (χ3v) is 7.02. The molecule has 0 aliphatic carbocycles. The minimum absolute atomic E-state index is 0.0822. The molecule has 252 valence electrons. The molecule has 49 heavy (non-hydrogen) atoms. The van der Waals surface area contributed by atoms with E-state index in [-0.39, 0.29) is 28.9 Å². The number of ether oxygens (including phenoxy) is 5. The molecule has 1 heterocycles. The molecule has 11 heteroatoms. The van der Waals surface area contributed by atoms with Gasteiger partial charge in [-0.1, -0.05) is 42.5 Å². The summed E-state index contributed by atoms with van der Waals surface area (Å²) in [4.78, 5) is 50.9. The molecule has 0 radical (unpaired) electrons. The minimum Gasteiger partial charge on any atom is -0.489 e. The molecule has 1 unspecified atom stereocenters. The summed E-state index contributed by atoms with van der Waals surface area (Å²) in [5.41, 5.74) is 0.987. The van der Waals surface area contributed by atoms with Gasteiger partial charge in [0.15, 0.2) is 0 Å². The lowest BCUT2D eigenvalue weighted by molar-refractivity contribution is -0.136. The molecule has 0 bridgehead atoms. The molecule has 1 aromatic heterocycles. The smallest absolute Gasteiger partial charge is 0.408 e. The van der Waals surface area contributed by atoms with Crippen molar-refractivity contribution in [3.05, 3.63) is 130 Å². The van der Waals surface area contributed by atoms with E-state index in [2.05, 4.69) is 10.1 Å². The van der Waals surface area contributed by atoms with Gasteiger partial charge in [0.25, 0.3) is 0 Å². The number of nitrogens with one attached hydrogen (secondary N) is 1. The molecule has 0 aliphatic rings. The summed E-state index contributed by atoms with van der Waals surface area (Å²) in [7, 11) is 1.28. The van der Waals surface area contributed by atoms with Crippen LogP contribution in [0.1, 0.15) is 42.3 Å². The van der Waals surface area contributed by atoms with Crippen molar-refractivity contribution in [2.45, 2.75) is 45.4 Å². The Morgan fingerprint density at radius 2 is 1.49 bits per heavy atom. The van der Waals surface area contributed by atoms with Crippen molar-refractivity contribution < 1.29 is 42.5 Å². The summed E-state index contributed by atoms with van der Waals surface area (Å²) in [5, 5.41) is 2.79. The maximum Gasteiger partial charge on any atom is 0.408 e. The lowest BCUT2D eigenvalue weighted by Crippen LogP contribution is -2.46. The highest BCUT2D eigenvalue weighted by molar-refractivity contribution is 5.89. The summed E-state index contributed by atoms with van der Waals surface area (Å²) in [6, 6.07) is 26.2. The summed E-state index contributed by atoms with van der Waals surface area (Å²) < 4.78 is 32.9. The number of amides is 1. The van der Waals surface area contributed by atoms with Crippen molar-refractivity contribution in [1.29, 1.82) is 0 Å². The minimum atomic E-state index is -1.12. The Kier molecular flexibility index (Phi) is 10.6. The predicted molar refractivity (Wildman–Crippen MR) is 180 cm³/mol. The van der Waals surface area contributed by atoms with Crippen molar-refractivity contribution in [3.63, 3.8) is 0 Å². The molecule has 0 fully saturated rings. The molecule has 0 aliphatic heterocycles. The highest BCUT2D eigenvalue weighted by Gasteiger charge is 2.27. The van der Waals surface area contributed by atoms with Gasteiger partial charge < -0.3 is 33.4 Å². The highest BCUT2D eigenvalue weighted by atomic mass is 16.6. The summed E-state index contributed by atoms with van der Waals surface area (Å²) in [5.74, 6) is -0.293. The number of hydrogen-bond donors (Lipinski definition) is 1. The maximum absolute atomic E-state index is 13.4. The first-order valence-corrected chi connectivity index (χ1v) is 15.4. The number of rotatable bonds is 11. The standard InChI is InChI=1S/C38H35NO10/c1-38(2,3)49-37(43)39-31(20-24-10-14-27(15-11-24)45-22-25-8-6-5-7-9-25)36(42)48-29-18-19-30-32(21-29)46-23-33(34(30)40)47-28-16-12-26(13-17-28)35(41)44-4/h5-19,21,23,31H,20,22H2,1-4H3,(H,39,43). The SMILES string of the molecule is COC(=O)c1ccc(Oc2coc3cc(OC(=O)C(Cc4ccc(OCc5ccccc5)cc4)NC(=O)OC(C)(C)C)ccc3c2=O)cc1. The summed E-state index contributed by atoms with van der Waals surface area (Å²) in [6.45, 7) is 5.55. The van der Waals surface area contributed by atoms with Gasteiger partial charge >= 0.3 is 18.0 Å². The molecule has 1 atom stereocenters. The van der Waals surface area contributed by atoms with Crippen LogP contribution in [0.4, 0.5) is 4.79 Å². The maximum atomic E-state index is 13.4. The topological polar surface area (TPSA) is 140 Å². The molecule has 11 nitrogen and oxygen atoms in total. The highest BCUT2D eigenvalue weighted by Crippen LogP contribution is 2.25. The van der Waals surface area contributed by atoms with Gasteiger partial charge in [0.05, 0.1) is 18.1 Å². The Morgan fingerprint density at radius 3 is 2.16 bits per heavy atom. The van der Waals surface area contributed by atoms with Crippen molar-refractivity contribution in [3.8, 4) is 23.0 Å². The first-order valence-electron chi connectivity index (χ1n) is 15.4. The lowest BCUT2D eigenvalue weighted by Gasteiger charge is -2.23. The largest absolute Gasteiger partial charge is 0.489 e. The number of esters is 2. The second kappa shape index (κ2) is 15.2. The quantitative estimate of drug-likeness (QED) is 0.116. The van der Waals surface area contributed by atoms with Crippen LogP contribution in [0.15, 0.2) is 113 Å². The molecular formula is C38H35NO10. The van der Waals surface area contributed by atoms with Gasteiger partial charge in [-0.05, 0) is 80.4 Å². The Balaban J connectivity index is 1.29. The average molecular weight is 666 g/mol. The third-order valence-electron chi connectivity index (χ3n) is 7.02. The van der Waals surface area contributed by atoms with E-state index in [1.165, 1.54) is 49.6 Å². The van der Waals surface area contributed by atoms with Crippen molar-refractivity contribution in [1.82, 2.24) is 5.32 Å². The van der Waals surface area contributed by atoms with Gasteiger partial charge in [-0.25, -0.2) is 14.4 Å². The second-order valence-corrected chi connectivity index (χ2v) is 11.9. The fourth-order valence-electron chi connectivity index (χ4n) is 4.66. The van der Waals surface area contributed by atoms with E-state index < -0.39 is 35.1 Å². The van der Waals surface area contributed by atoms with Gasteiger partial charge in [-0.15, -0.1) is 0 Å². The first-order chi connectivity index (χ1) is 23.5. The van der Waals surface area contributed by atoms with Crippen molar-refractivity contribution in [2.75, 3.05) is 7.11 Å².